The van der Waals surface area contributed by atoms with E-state index < -0.39 is 35.1 Å². The van der Waals surface area contributed by atoms with Crippen molar-refractivity contribution in [2.24, 2.45) is 11.8 Å². The van der Waals surface area contributed by atoms with Crippen molar-refractivity contribution in [3.8, 4) is 0 Å². The van der Waals surface area contributed by atoms with E-state index in [0.29, 0.717) is 32.4 Å². The van der Waals surface area contributed by atoms with Gasteiger partial charge in [-0.1, -0.05) is 38.1 Å². The molecule has 3 saturated heterocycles. The number of amides is 3. The minimum atomic E-state index is -1.16. The number of anilines is 1. The number of fused-ring (bicyclic) bond motifs is 1. The molecule has 40 heavy (non-hydrogen) atoms. The summed E-state index contributed by atoms with van der Waals surface area (Å²) in [7, 11) is 0. The predicted octanol–water partition coefficient (Wildman–Crippen LogP) is 3.78. The minimum Gasteiger partial charge on any atom is -0.394 e. The van der Waals surface area contributed by atoms with E-state index in [4.69, 9.17) is 4.74 Å². The van der Waals surface area contributed by atoms with Gasteiger partial charge in [0, 0.05) is 25.3 Å². The highest BCUT2D eigenvalue weighted by atomic mass is 16.5. The van der Waals surface area contributed by atoms with E-state index >= 15 is 0 Å². The molecular formula is C32H45N3O5. The highest BCUT2D eigenvalue weighted by Crippen LogP contribution is 2.65. The molecule has 3 amide bonds. The lowest BCUT2D eigenvalue weighted by Gasteiger charge is -2.39. The average Bonchev–Trinajstić information content (AvgIpc) is 3.55. The van der Waals surface area contributed by atoms with Gasteiger partial charge >= 0.3 is 0 Å². The third-order valence-electron chi connectivity index (χ3n) is 9.25. The Morgan fingerprint density at radius 3 is 2.48 bits per heavy atom. The number of aliphatic hydroxyl groups excluding tert-OH is 1. The number of hydrogen-bond acceptors (Lipinski definition) is 5. The summed E-state index contributed by atoms with van der Waals surface area (Å²) >= 11 is 0. The largest absolute Gasteiger partial charge is 0.394 e. The maximum atomic E-state index is 14.7. The molecule has 3 aliphatic rings. The van der Waals surface area contributed by atoms with Crippen LogP contribution in [0.1, 0.15) is 57.6 Å². The zero-order valence-corrected chi connectivity index (χ0v) is 24.7. The van der Waals surface area contributed by atoms with E-state index in [0.717, 1.165) is 23.2 Å². The molecule has 0 radical (unpaired) electrons. The molecule has 1 aromatic carbocycles. The molecule has 218 valence electrons. The first-order chi connectivity index (χ1) is 19.1. The smallest absolute Gasteiger partial charge is 0.253 e. The number of rotatable bonds is 12. The lowest BCUT2D eigenvalue weighted by molar-refractivity contribution is -0.153. The number of hydrogen-bond donors (Lipinski definition) is 1. The Labute approximate surface area is 238 Å². The Balaban J connectivity index is 1.87. The summed E-state index contributed by atoms with van der Waals surface area (Å²) in [5, 5.41) is 10.2. The second-order valence-corrected chi connectivity index (χ2v) is 11.7. The number of likely N-dealkylation sites (tertiary alicyclic amines) is 1. The van der Waals surface area contributed by atoms with Crippen LogP contribution in [0, 0.1) is 25.7 Å². The Morgan fingerprint density at radius 2 is 1.88 bits per heavy atom. The van der Waals surface area contributed by atoms with Crippen molar-refractivity contribution in [2.45, 2.75) is 83.6 Å². The highest BCUT2D eigenvalue weighted by Gasteiger charge is 2.79. The van der Waals surface area contributed by atoms with Crippen molar-refractivity contribution in [3.05, 3.63) is 54.6 Å². The van der Waals surface area contributed by atoms with Crippen LogP contribution in [0.15, 0.2) is 43.5 Å². The standard InChI is InChI=1S/C32H45N3O5/c1-8-16-33(17-9-2)28(37)25-26-29(38)35(23(7)20-36)27(32(26)15-14-31(25,11-4)40-32)30(39)34(18-10-3)24-19-21(5)12-13-22(24)6/h8,10,12-13,19,23,25-27,36H,1,3,9,11,14-18,20H2,2,4-7H3/t23-,25-,26+,27?,31+,32?/m1/s1. The normalized spacial score (nSPS) is 29.3. The van der Waals surface area contributed by atoms with Crippen molar-refractivity contribution in [1.82, 2.24) is 9.80 Å². The second-order valence-electron chi connectivity index (χ2n) is 11.7. The van der Waals surface area contributed by atoms with Gasteiger partial charge in [-0.3, -0.25) is 14.4 Å². The minimum absolute atomic E-state index is 0.120. The van der Waals surface area contributed by atoms with E-state index in [9.17, 15) is 19.5 Å². The number of aliphatic hydroxyl groups is 1. The van der Waals surface area contributed by atoms with Crippen molar-refractivity contribution in [1.29, 1.82) is 0 Å². The molecule has 8 nitrogen and oxygen atoms in total. The molecule has 3 aliphatic heterocycles. The molecule has 0 saturated carbocycles. The fourth-order valence-corrected chi connectivity index (χ4v) is 7.38. The number of nitrogens with zero attached hydrogens (tertiary/aromatic N) is 3. The molecule has 8 heteroatoms. The van der Waals surface area contributed by atoms with Crippen molar-refractivity contribution >= 4 is 23.4 Å². The highest BCUT2D eigenvalue weighted by molar-refractivity contribution is 6.05. The Morgan fingerprint density at radius 1 is 1.18 bits per heavy atom. The van der Waals surface area contributed by atoms with E-state index in [1.807, 2.05) is 45.9 Å². The van der Waals surface area contributed by atoms with Crippen LogP contribution in [0.25, 0.3) is 0 Å². The fraction of sp³-hybridized carbons (Fsp3) is 0.594. The first-order valence-corrected chi connectivity index (χ1v) is 14.6. The van der Waals surface area contributed by atoms with Gasteiger partial charge in [0.2, 0.25) is 11.8 Å². The number of ether oxygens (including phenoxy) is 1. The number of carbonyl (C=O) groups is 3. The van der Waals surface area contributed by atoms with Crippen LogP contribution < -0.4 is 4.90 Å². The third kappa shape index (κ3) is 4.49. The maximum Gasteiger partial charge on any atom is 0.253 e. The predicted molar refractivity (Wildman–Crippen MR) is 156 cm³/mol. The molecular weight excluding hydrogens is 506 g/mol. The number of aryl methyl sites for hydroxylation is 2. The Bertz CT molecular complexity index is 1180. The monoisotopic (exact) mass is 551 g/mol. The molecule has 6 atom stereocenters. The average molecular weight is 552 g/mol. The zero-order valence-electron chi connectivity index (χ0n) is 24.7. The van der Waals surface area contributed by atoms with Crippen LogP contribution in [0.3, 0.4) is 0 Å². The van der Waals surface area contributed by atoms with Gasteiger partial charge in [-0.15, -0.1) is 13.2 Å². The molecule has 1 N–H and O–H groups in total. The van der Waals surface area contributed by atoms with E-state index in [1.54, 1.807) is 28.9 Å². The molecule has 4 rings (SSSR count). The lowest BCUT2D eigenvalue weighted by atomic mass is 9.64. The van der Waals surface area contributed by atoms with Crippen LogP contribution >= 0.6 is 0 Å². The van der Waals surface area contributed by atoms with Crippen molar-refractivity contribution < 1.29 is 24.2 Å². The molecule has 0 aliphatic carbocycles. The summed E-state index contributed by atoms with van der Waals surface area (Å²) < 4.78 is 6.92. The van der Waals surface area contributed by atoms with Crippen molar-refractivity contribution in [2.75, 3.05) is 31.1 Å². The second kappa shape index (κ2) is 11.5. The fourth-order valence-electron chi connectivity index (χ4n) is 7.38. The zero-order chi connectivity index (χ0) is 29.4. The molecule has 1 aromatic rings. The number of carbonyl (C=O) groups excluding carboxylic acids is 3. The van der Waals surface area contributed by atoms with Gasteiger partial charge in [0.05, 0.1) is 30.1 Å². The van der Waals surface area contributed by atoms with Gasteiger partial charge in [-0.25, -0.2) is 0 Å². The topological polar surface area (TPSA) is 90.4 Å². The summed E-state index contributed by atoms with van der Waals surface area (Å²) in [4.78, 5) is 48.3. The molecule has 2 bridgehead atoms. The molecule has 1 spiro atoms. The van der Waals surface area contributed by atoms with E-state index in [-0.39, 0.29) is 30.9 Å². The van der Waals surface area contributed by atoms with E-state index in [2.05, 4.69) is 13.2 Å². The first-order valence-electron chi connectivity index (χ1n) is 14.6. The molecule has 3 heterocycles. The molecule has 3 fully saturated rings. The molecule has 0 aromatic heterocycles. The Hall–Kier alpha value is -2.97. The van der Waals surface area contributed by atoms with Gasteiger partial charge in [0.1, 0.15) is 11.6 Å². The van der Waals surface area contributed by atoms with Crippen LogP contribution in [0.2, 0.25) is 0 Å². The van der Waals surface area contributed by atoms with Crippen molar-refractivity contribution in [3.63, 3.8) is 0 Å². The quantitative estimate of drug-likeness (QED) is 0.400. The van der Waals surface area contributed by atoms with Gasteiger partial charge in [-0.2, -0.15) is 0 Å². The summed E-state index contributed by atoms with van der Waals surface area (Å²) in [6, 6.07) is 4.34. The Kier molecular flexibility index (Phi) is 8.62. The van der Waals surface area contributed by atoms with Crippen LogP contribution in [-0.4, -0.2) is 82.2 Å². The van der Waals surface area contributed by atoms with Gasteiger partial charge < -0.3 is 24.5 Å². The van der Waals surface area contributed by atoms with Crippen LogP contribution in [0.5, 0.6) is 0 Å². The maximum absolute atomic E-state index is 14.7. The lowest BCUT2D eigenvalue weighted by Crippen LogP contribution is -2.58. The third-order valence-corrected chi connectivity index (χ3v) is 9.25. The number of benzene rings is 1. The summed E-state index contributed by atoms with van der Waals surface area (Å²) in [5.74, 6) is -2.19. The SMILES string of the molecule is C=CCN(CCC)C(=O)[C@H]1[C@H]2C(=O)N([C@H](C)CO)C(C(=O)N(CC=C)c3cc(C)ccc3C)C23CC[C@]1(CC)O3. The molecule has 2 unspecified atom stereocenters. The van der Waals surface area contributed by atoms with Crippen LogP contribution in [0.4, 0.5) is 5.69 Å². The van der Waals surface area contributed by atoms with Gasteiger partial charge in [-0.05, 0) is 63.6 Å². The van der Waals surface area contributed by atoms with E-state index in [1.165, 1.54) is 4.90 Å². The summed E-state index contributed by atoms with van der Waals surface area (Å²) in [6.07, 6.45) is 5.81. The summed E-state index contributed by atoms with van der Waals surface area (Å²) in [6.45, 7) is 18.3. The van der Waals surface area contributed by atoms with Crippen LogP contribution in [-0.2, 0) is 19.1 Å². The van der Waals surface area contributed by atoms with Gasteiger partial charge in [0.25, 0.3) is 5.91 Å². The summed E-state index contributed by atoms with van der Waals surface area (Å²) in [5.41, 5.74) is 0.708. The van der Waals surface area contributed by atoms with Gasteiger partial charge in [0.15, 0.2) is 0 Å². The first kappa shape index (κ1) is 30.0.